The molecule has 6 heteroatoms. The lowest BCUT2D eigenvalue weighted by molar-refractivity contribution is 0.0962. The molecular formula is C13H15BN4O. The van der Waals surface area contributed by atoms with Crippen LogP contribution in [-0.4, -0.2) is 37.7 Å². The van der Waals surface area contributed by atoms with Crippen molar-refractivity contribution in [1.29, 1.82) is 5.26 Å². The van der Waals surface area contributed by atoms with E-state index in [4.69, 9.17) is 5.26 Å². The first-order chi connectivity index (χ1) is 9.15. The average Bonchev–Trinajstić information content (AvgIpc) is 2.36. The molecular weight excluding hydrogens is 239 g/mol. The number of anilines is 1. The number of amides is 1. The Morgan fingerprint density at radius 1 is 1.53 bits per heavy atom. The minimum absolute atomic E-state index is 0.116. The molecule has 0 radical (unpaired) electrons. The maximum absolute atomic E-state index is 11.4. The highest BCUT2D eigenvalue weighted by Crippen LogP contribution is 2.50. The minimum atomic E-state index is -0.116. The highest BCUT2D eigenvalue weighted by molar-refractivity contribution is 6.70. The number of pyridine rings is 1. The second-order valence-electron chi connectivity index (χ2n) is 5.57. The van der Waals surface area contributed by atoms with E-state index in [1.165, 1.54) is 0 Å². The van der Waals surface area contributed by atoms with Crippen molar-refractivity contribution in [3.63, 3.8) is 0 Å². The Hall–Kier alpha value is -2.03. The molecule has 0 bridgehead atoms. The Bertz CT molecular complexity index is 537. The maximum Gasteiger partial charge on any atom is 0.269 e. The summed E-state index contributed by atoms with van der Waals surface area (Å²) in [5, 5.41) is 11.4. The largest absolute Gasteiger partial charge is 0.355 e. The van der Waals surface area contributed by atoms with Gasteiger partial charge in [-0.25, -0.2) is 10.2 Å². The van der Waals surface area contributed by atoms with Gasteiger partial charge in [0, 0.05) is 32.3 Å². The van der Waals surface area contributed by atoms with E-state index < -0.39 is 0 Å². The first kappa shape index (κ1) is 12.0. The van der Waals surface area contributed by atoms with Crippen molar-refractivity contribution in [1.82, 2.24) is 10.3 Å². The standard InChI is InChI=1S/C13H15BN4O/c1-16-12(19)10-2-3-11(17-4-10)18-7-13(8-18)5-14(6-13)9-15/h2-4H,5-8H2,1H3,(H,16,19). The highest BCUT2D eigenvalue weighted by atomic mass is 16.1. The molecule has 0 unspecified atom stereocenters. The van der Waals surface area contributed by atoms with Crippen LogP contribution in [0.15, 0.2) is 18.3 Å². The predicted octanol–water partition coefficient (Wildman–Crippen LogP) is 0.819. The molecule has 19 heavy (non-hydrogen) atoms. The molecule has 0 aliphatic carbocycles. The van der Waals surface area contributed by atoms with E-state index in [1.807, 2.05) is 6.07 Å². The van der Waals surface area contributed by atoms with Gasteiger partial charge in [-0.1, -0.05) is 12.6 Å². The molecule has 1 aromatic heterocycles. The summed E-state index contributed by atoms with van der Waals surface area (Å²) in [6, 6.07) is 3.68. The van der Waals surface area contributed by atoms with Crippen LogP contribution in [-0.2, 0) is 0 Å². The number of carbonyl (C=O) groups excluding carboxylic acids is 1. The number of carbonyl (C=O) groups is 1. The molecule has 1 aromatic rings. The molecule has 5 nitrogen and oxygen atoms in total. The number of aromatic nitrogens is 1. The van der Waals surface area contributed by atoms with Gasteiger partial charge in [0.15, 0.2) is 0 Å². The summed E-state index contributed by atoms with van der Waals surface area (Å²) in [5.41, 5.74) is 0.941. The molecule has 2 aliphatic rings. The number of rotatable bonds is 2. The highest BCUT2D eigenvalue weighted by Gasteiger charge is 2.54. The van der Waals surface area contributed by atoms with Crippen LogP contribution in [0.1, 0.15) is 10.4 Å². The molecule has 1 spiro atoms. The normalized spacial score (nSPS) is 19.4. The number of nitriles is 1. The smallest absolute Gasteiger partial charge is 0.269 e. The van der Waals surface area contributed by atoms with Crippen molar-refractivity contribution in [2.45, 2.75) is 12.6 Å². The van der Waals surface area contributed by atoms with Gasteiger partial charge in [0.25, 0.3) is 12.6 Å². The van der Waals surface area contributed by atoms with E-state index in [1.54, 1.807) is 19.3 Å². The predicted molar refractivity (Wildman–Crippen MR) is 73.3 cm³/mol. The van der Waals surface area contributed by atoms with Gasteiger partial charge in [-0.05, 0) is 17.5 Å². The lowest BCUT2D eigenvalue weighted by Crippen LogP contribution is -2.64. The monoisotopic (exact) mass is 254 g/mol. The average molecular weight is 254 g/mol. The van der Waals surface area contributed by atoms with Crippen LogP contribution < -0.4 is 10.2 Å². The van der Waals surface area contributed by atoms with E-state index in [-0.39, 0.29) is 12.6 Å². The zero-order valence-corrected chi connectivity index (χ0v) is 10.9. The van der Waals surface area contributed by atoms with Crippen molar-refractivity contribution in [2.24, 2.45) is 5.41 Å². The molecule has 2 fully saturated rings. The number of hydrogen-bond acceptors (Lipinski definition) is 4. The minimum Gasteiger partial charge on any atom is -0.355 e. The summed E-state index contributed by atoms with van der Waals surface area (Å²) < 4.78 is 0. The summed E-state index contributed by atoms with van der Waals surface area (Å²) in [6.07, 6.45) is 3.66. The van der Waals surface area contributed by atoms with Gasteiger partial charge in [0.2, 0.25) is 0 Å². The Balaban J connectivity index is 1.61. The quantitative estimate of drug-likeness (QED) is 0.793. The van der Waals surface area contributed by atoms with E-state index >= 15 is 0 Å². The Labute approximate surface area is 112 Å². The lowest BCUT2D eigenvalue weighted by Gasteiger charge is -2.57. The molecule has 0 atom stereocenters. The lowest BCUT2D eigenvalue weighted by atomic mass is 9.26. The van der Waals surface area contributed by atoms with E-state index in [2.05, 4.69) is 21.2 Å². The SMILES string of the molecule is CNC(=O)c1ccc(N2CC3(CB(C#N)C3)C2)nc1. The van der Waals surface area contributed by atoms with Crippen molar-refractivity contribution < 1.29 is 4.79 Å². The fourth-order valence-corrected chi connectivity index (χ4v) is 3.11. The van der Waals surface area contributed by atoms with Gasteiger partial charge in [-0.15, -0.1) is 0 Å². The summed E-state index contributed by atoms with van der Waals surface area (Å²) >= 11 is 0. The van der Waals surface area contributed by atoms with Crippen molar-refractivity contribution in [3.05, 3.63) is 23.9 Å². The van der Waals surface area contributed by atoms with Crippen LogP contribution in [0, 0.1) is 16.6 Å². The van der Waals surface area contributed by atoms with Crippen LogP contribution in [0.4, 0.5) is 5.82 Å². The fraction of sp³-hybridized carbons (Fsp3) is 0.462. The zero-order chi connectivity index (χ0) is 13.5. The van der Waals surface area contributed by atoms with Crippen LogP contribution in [0.25, 0.3) is 0 Å². The summed E-state index contributed by atoms with van der Waals surface area (Å²) in [5.74, 6) is 3.13. The van der Waals surface area contributed by atoms with Crippen molar-refractivity contribution in [3.8, 4) is 5.97 Å². The van der Waals surface area contributed by atoms with Gasteiger partial charge in [0.1, 0.15) is 5.82 Å². The second-order valence-corrected chi connectivity index (χ2v) is 5.57. The van der Waals surface area contributed by atoms with E-state index in [0.29, 0.717) is 11.0 Å². The third-order valence-electron chi connectivity index (χ3n) is 4.16. The molecule has 1 N–H and O–H groups in total. The van der Waals surface area contributed by atoms with Crippen LogP contribution in [0.3, 0.4) is 0 Å². The summed E-state index contributed by atoms with van der Waals surface area (Å²) in [4.78, 5) is 18.0. The van der Waals surface area contributed by atoms with Gasteiger partial charge in [-0.3, -0.25) is 4.79 Å². The Morgan fingerprint density at radius 3 is 2.79 bits per heavy atom. The summed E-state index contributed by atoms with van der Waals surface area (Å²) in [7, 11) is 1.61. The number of nitrogens with one attached hydrogen (secondary N) is 1. The van der Waals surface area contributed by atoms with E-state index in [0.717, 1.165) is 31.5 Å². The number of nitrogens with zero attached hydrogens (tertiary/aromatic N) is 3. The molecule has 3 rings (SSSR count). The van der Waals surface area contributed by atoms with Crippen molar-refractivity contribution in [2.75, 3.05) is 25.0 Å². The molecule has 1 amide bonds. The zero-order valence-electron chi connectivity index (χ0n) is 10.9. The summed E-state index contributed by atoms with van der Waals surface area (Å²) in [6.45, 7) is 2.22. The third-order valence-corrected chi connectivity index (χ3v) is 4.16. The Morgan fingerprint density at radius 2 is 2.26 bits per heavy atom. The Kier molecular flexibility index (Phi) is 2.70. The van der Waals surface area contributed by atoms with Gasteiger partial charge in [-0.2, -0.15) is 0 Å². The van der Waals surface area contributed by atoms with Gasteiger partial charge in [0.05, 0.1) is 5.56 Å². The second kappa shape index (κ2) is 4.27. The molecule has 0 aromatic carbocycles. The van der Waals surface area contributed by atoms with E-state index in [9.17, 15) is 4.79 Å². The third kappa shape index (κ3) is 1.95. The molecule has 2 saturated heterocycles. The van der Waals surface area contributed by atoms with Gasteiger partial charge < -0.3 is 10.2 Å². The van der Waals surface area contributed by atoms with Crippen LogP contribution in [0.5, 0.6) is 0 Å². The molecule has 2 aliphatic heterocycles. The molecule has 0 saturated carbocycles. The molecule has 96 valence electrons. The van der Waals surface area contributed by atoms with Crippen LogP contribution >= 0.6 is 0 Å². The van der Waals surface area contributed by atoms with Gasteiger partial charge >= 0.3 is 0 Å². The first-order valence-electron chi connectivity index (χ1n) is 6.48. The van der Waals surface area contributed by atoms with Crippen molar-refractivity contribution >= 4 is 18.4 Å². The number of hydrogen-bond donors (Lipinski definition) is 1. The topological polar surface area (TPSA) is 69.0 Å². The fourth-order valence-electron chi connectivity index (χ4n) is 3.11. The maximum atomic E-state index is 11.4. The molecule has 3 heterocycles. The van der Waals surface area contributed by atoms with Crippen LogP contribution in [0.2, 0.25) is 12.6 Å². The first-order valence-corrected chi connectivity index (χ1v) is 6.48.